The summed E-state index contributed by atoms with van der Waals surface area (Å²) < 4.78 is 14.7. The third-order valence-corrected chi connectivity index (χ3v) is 8.44. The van der Waals surface area contributed by atoms with E-state index >= 15 is 0 Å². The van der Waals surface area contributed by atoms with Crippen LogP contribution in [0.1, 0.15) is 51.1 Å². The van der Waals surface area contributed by atoms with Gasteiger partial charge in [0.1, 0.15) is 5.82 Å². The van der Waals surface area contributed by atoms with Gasteiger partial charge in [-0.2, -0.15) is 0 Å². The Balaban J connectivity index is 1.39. The van der Waals surface area contributed by atoms with Crippen molar-refractivity contribution >= 4 is 31.5 Å². The number of hydrogen-bond acceptors (Lipinski definition) is 4. The van der Waals surface area contributed by atoms with E-state index in [2.05, 4.69) is 0 Å². The molecule has 0 spiro atoms. The van der Waals surface area contributed by atoms with Crippen LogP contribution in [-0.2, 0) is 11.2 Å². The number of halogens is 1. The number of piperazine rings is 1. The van der Waals surface area contributed by atoms with E-state index in [0.29, 0.717) is 63.5 Å². The van der Waals surface area contributed by atoms with Gasteiger partial charge >= 0.3 is 0 Å². The highest BCUT2D eigenvalue weighted by atomic mass is 28.4. The highest BCUT2D eigenvalue weighted by Crippen LogP contribution is 2.29. The number of carbonyl (C=O) groups excluding carboxylic acids is 3. The van der Waals surface area contributed by atoms with Crippen LogP contribution in [0.15, 0.2) is 48.5 Å². The molecule has 1 N–H and O–H groups in total. The lowest BCUT2D eigenvalue weighted by molar-refractivity contribution is -0.132. The first-order valence-electron chi connectivity index (χ1n) is 12.5. The third-order valence-electron chi connectivity index (χ3n) is 6.86. The summed E-state index contributed by atoms with van der Waals surface area (Å²) in [5.74, 6) is -0.817. The predicted octanol–water partition coefficient (Wildman–Crippen LogP) is 4.30. The van der Waals surface area contributed by atoms with Crippen molar-refractivity contribution in [2.75, 3.05) is 26.2 Å². The Morgan fingerprint density at radius 3 is 2.36 bits per heavy atom. The third kappa shape index (κ3) is 6.17. The monoisotopic (exact) mass is 508 g/mol. The van der Waals surface area contributed by atoms with E-state index in [9.17, 15) is 23.6 Å². The minimum Gasteiger partial charge on any atom is -0.432 e. The van der Waals surface area contributed by atoms with Gasteiger partial charge in [-0.15, -0.1) is 0 Å². The van der Waals surface area contributed by atoms with Gasteiger partial charge in [0.15, 0.2) is 14.1 Å². The second-order valence-electron chi connectivity index (χ2n) is 10.2. The Kier molecular flexibility index (Phi) is 7.85. The average Bonchev–Trinajstić information content (AvgIpc) is 2.86. The van der Waals surface area contributed by atoms with Gasteiger partial charge in [0, 0.05) is 44.6 Å². The Morgan fingerprint density at radius 2 is 1.67 bits per heavy atom. The lowest BCUT2D eigenvalue weighted by Gasteiger charge is -2.35. The molecule has 190 valence electrons. The van der Waals surface area contributed by atoms with E-state index in [1.54, 1.807) is 21.9 Å². The average molecular weight is 509 g/mol. The first-order chi connectivity index (χ1) is 17.1. The van der Waals surface area contributed by atoms with Crippen LogP contribution < -0.4 is 0 Å². The molecule has 0 saturated carbocycles. The molecule has 0 aromatic heterocycles. The van der Waals surface area contributed by atoms with Crippen molar-refractivity contribution < 1.29 is 23.6 Å². The topological polar surface area (TPSA) is 77.9 Å². The fourth-order valence-electron chi connectivity index (χ4n) is 4.84. The van der Waals surface area contributed by atoms with E-state index in [1.807, 2.05) is 43.4 Å². The Bertz CT molecular complexity index is 1200. The van der Waals surface area contributed by atoms with Crippen LogP contribution >= 0.6 is 0 Å². The minimum atomic E-state index is -2.16. The molecule has 0 radical (unpaired) electrons. The molecule has 2 aromatic carbocycles. The van der Waals surface area contributed by atoms with Crippen LogP contribution in [0, 0.1) is 5.82 Å². The van der Waals surface area contributed by atoms with E-state index < -0.39 is 14.1 Å². The van der Waals surface area contributed by atoms with Gasteiger partial charge < -0.3 is 14.6 Å². The van der Waals surface area contributed by atoms with Crippen molar-refractivity contribution in [2.24, 2.45) is 0 Å². The number of fused-ring (bicyclic) bond motifs is 1. The van der Waals surface area contributed by atoms with Crippen LogP contribution in [-0.4, -0.2) is 66.7 Å². The molecule has 1 fully saturated rings. The van der Waals surface area contributed by atoms with Crippen LogP contribution in [0.2, 0.25) is 19.1 Å². The van der Waals surface area contributed by atoms with E-state index in [-0.39, 0.29) is 23.2 Å². The molecular weight excluding hydrogens is 475 g/mol. The maximum atomic E-state index is 14.7. The molecule has 4 rings (SSSR count). The molecule has 1 saturated heterocycles. The van der Waals surface area contributed by atoms with Crippen molar-refractivity contribution in [3.8, 4) is 0 Å². The fraction of sp³-hybridized carbons (Fsp3) is 0.393. The highest BCUT2D eigenvalue weighted by Gasteiger charge is 2.27. The number of carbonyl (C=O) groups is 3. The summed E-state index contributed by atoms with van der Waals surface area (Å²) in [6, 6.07) is 12.8. The number of ketones is 1. The maximum absolute atomic E-state index is 14.7. The molecule has 0 bridgehead atoms. The van der Waals surface area contributed by atoms with Crippen LogP contribution in [0.3, 0.4) is 0 Å². The quantitative estimate of drug-likeness (QED) is 0.566. The molecule has 2 amide bonds. The summed E-state index contributed by atoms with van der Waals surface area (Å²) in [4.78, 5) is 51.2. The molecule has 2 aliphatic rings. The number of amides is 2. The molecule has 1 aliphatic heterocycles. The summed E-state index contributed by atoms with van der Waals surface area (Å²) in [7, 11) is -2.16. The van der Waals surface area contributed by atoms with Gasteiger partial charge in [-0.3, -0.25) is 14.4 Å². The van der Waals surface area contributed by atoms with Crippen LogP contribution in [0.5, 0.6) is 0 Å². The molecule has 0 unspecified atom stereocenters. The standard InChI is InChI=1S/C28H33FN2O4Si/c1-36(2,35)17-5-8-27(33)30-13-15-31(16-14-30)28(34)24-19-20(9-11-25(24)29)18-21-10-12-26(32)23-7-4-3-6-22(21)23/h3-4,6-7,9-11,19,35H,5,8,12-18H2,1-2H3. The Labute approximate surface area is 212 Å². The smallest absolute Gasteiger partial charge is 0.256 e. The zero-order chi connectivity index (χ0) is 25.9. The molecule has 1 aliphatic carbocycles. The number of hydrogen-bond donors (Lipinski definition) is 1. The molecule has 6 nitrogen and oxygen atoms in total. The summed E-state index contributed by atoms with van der Waals surface area (Å²) >= 11 is 0. The summed E-state index contributed by atoms with van der Waals surface area (Å²) in [6.07, 6.45) is 3.81. The molecule has 8 heteroatoms. The zero-order valence-corrected chi connectivity index (χ0v) is 21.9. The van der Waals surface area contributed by atoms with Crippen LogP contribution in [0.25, 0.3) is 5.57 Å². The van der Waals surface area contributed by atoms with Crippen LogP contribution in [0.4, 0.5) is 4.39 Å². The second-order valence-corrected chi connectivity index (χ2v) is 14.4. The fourth-order valence-corrected chi connectivity index (χ4v) is 5.88. The van der Waals surface area contributed by atoms with E-state index in [4.69, 9.17) is 0 Å². The van der Waals surface area contributed by atoms with Gasteiger partial charge in [0.05, 0.1) is 5.56 Å². The minimum absolute atomic E-state index is 0.0307. The number of rotatable bonds is 7. The first kappa shape index (κ1) is 26.0. The lowest BCUT2D eigenvalue weighted by atomic mass is 9.86. The zero-order valence-electron chi connectivity index (χ0n) is 20.9. The number of benzene rings is 2. The molecule has 0 atom stereocenters. The van der Waals surface area contributed by atoms with Crippen molar-refractivity contribution in [2.45, 2.75) is 44.8 Å². The number of Topliss-reactive ketones (excluding diaryl/α,β-unsaturated/α-hetero) is 1. The summed E-state index contributed by atoms with van der Waals surface area (Å²) in [5.41, 5.74) is 3.41. The summed E-state index contributed by atoms with van der Waals surface area (Å²) in [6.45, 7) is 5.28. The van der Waals surface area contributed by atoms with Gasteiger partial charge in [0.25, 0.3) is 5.91 Å². The SMILES string of the molecule is C[Si](C)(O)CCCC(=O)N1CCN(C(=O)c2cc(CC3=CCC(=O)c4ccccc43)ccc2F)CC1. The van der Waals surface area contributed by atoms with Crippen molar-refractivity contribution in [3.05, 3.63) is 76.6 Å². The first-order valence-corrected chi connectivity index (χ1v) is 15.7. The van der Waals surface area contributed by atoms with E-state index in [0.717, 1.165) is 16.7 Å². The largest absolute Gasteiger partial charge is 0.432 e. The second kappa shape index (κ2) is 10.9. The number of nitrogens with zero attached hydrogens (tertiary/aromatic N) is 2. The van der Waals surface area contributed by atoms with Gasteiger partial charge in [-0.25, -0.2) is 4.39 Å². The lowest BCUT2D eigenvalue weighted by Crippen LogP contribution is -2.50. The molecule has 1 heterocycles. The van der Waals surface area contributed by atoms with Gasteiger partial charge in [0.2, 0.25) is 5.91 Å². The normalized spacial score (nSPS) is 16.0. The molecule has 36 heavy (non-hydrogen) atoms. The molecular formula is C28H33FN2O4Si. The Hall–Kier alpha value is -3.10. The van der Waals surface area contributed by atoms with Gasteiger partial charge in [-0.1, -0.05) is 36.4 Å². The predicted molar refractivity (Wildman–Crippen MR) is 140 cm³/mol. The van der Waals surface area contributed by atoms with Crippen molar-refractivity contribution in [3.63, 3.8) is 0 Å². The van der Waals surface area contributed by atoms with Crippen molar-refractivity contribution in [1.29, 1.82) is 0 Å². The number of allylic oxidation sites excluding steroid dienone is 2. The maximum Gasteiger partial charge on any atom is 0.256 e. The molecule has 2 aromatic rings. The van der Waals surface area contributed by atoms with Gasteiger partial charge in [-0.05, 0) is 60.8 Å². The van der Waals surface area contributed by atoms with E-state index in [1.165, 1.54) is 6.07 Å². The Morgan fingerprint density at radius 1 is 1.00 bits per heavy atom. The van der Waals surface area contributed by atoms with Crippen molar-refractivity contribution in [1.82, 2.24) is 9.80 Å². The highest BCUT2D eigenvalue weighted by molar-refractivity contribution is 6.69. The summed E-state index contributed by atoms with van der Waals surface area (Å²) in [5, 5.41) is 0.